The predicted molar refractivity (Wildman–Crippen MR) is 90.9 cm³/mol. The summed E-state index contributed by atoms with van der Waals surface area (Å²) in [6.07, 6.45) is 5.62. The molecule has 2 rings (SSSR count). The van der Waals surface area contributed by atoms with Crippen LogP contribution in [0.2, 0.25) is 5.02 Å². The first kappa shape index (κ1) is 19.1. The first-order valence-electron chi connectivity index (χ1n) is 6.71. The number of carbonyl (C=O) groups excluding carboxylic acids is 2. The van der Waals surface area contributed by atoms with Gasteiger partial charge in [0.25, 0.3) is 0 Å². The highest BCUT2D eigenvalue weighted by atomic mass is 79.9. The molecule has 0 N–H and O–H groups in total. The summed E-state index contributed by atoms with van der Waals surface area (Å²) in [5.41, 5.74) is -0.498. The standard InChI is InChI=1S/C16H11BrClF2NO4/c1-24-15(22)8-5-3-4-6-21(13(8)16(23)25-2)14-9(18)7-10(19)12(20)11(14)17/h3-7H,1-2H3. The summed E-state index contributed by atoms with van der Waals surface area (Å²) in [7, 11) is 2.25. The molecule has 0 unspecified atom stereocenters. The van der Waals surface area contributed by atoms with Gasteiger partial charge in [0, 0.05) is 6.20 Å². The van der Waals surface area contributed by atoms with Crippen LogP contribution in [0.5, 0.6) is 0 Å². The Morgan fingerprint density at radius 2 is 1.80 bits per heavy atom. The summed E-state index contributed by atoms with van der Waals surface area (Å²) in [6, 6.07) is 0.760. The quantitative estimate of drug-likeness (QED) is 0.411. The molecule has 5 nitrogen and oxygen atoms in total. The molecule has 0 amide bonds. The Balaban J connectivity index is 2.81. The second kappa shape index (κ2) is 7.79. The zero-order chi connectivity index (χ0) is 18.7. The van der Waals surface area contributed by atoms with Crippen molar-refractivity contribution < 1.29 is 27.8 Å². The number of esters is 2. The van der Waals surface area contributed by atoms with Gasteiger partial charge in [0.1, 0.15) is 5.70 Å². The second-order valence-electron chi connectivity index (χ2n) is 4.63. The third kappa shape index (κ3) is 3.59. The Morgan fingerprint density at radius 3 is 2.40 bits per heavy atom. The van der Waals surface area contributed by atoms with E-state index in [9.17, 15) is 18.4 Å². The Hall–Kier alpha value is -2.19. The van der Waals surface area contributed by atoms with E-state index in [1.165, 1.54) is 24.4 Å². The maximum atomic E-state index is 14.0. The van der Waals surface area contributed by atoms with Gasteiger partial charge in [0.15, 0.2) is 11.6 Å². The molecule has 1 aromatic carbocycles. The molecular weight excluding hydrogens is 424 g/mol. The highest BCUT2D eigenvalue weighted by molar-refractivity contribution is 9.10. The van der Waals surface area contributed by atoms with Crippen LogP contribution in [-0.2, 0) is 19.1 Å². The van der Waals surface area contributed by atoms with Gasteiger partial charge in [-0.1, -0.05) is 17.7 Å². The lowest BCUT2D eigenvalue weighted by molar-refractivity contribution is -0.139. The van der Waals surface area contributed by atoms with Gasteiger partial charge in [-0.15, -0.1) is 0 Å². The van der Waals surface area contributed by atoms with Crippen LogP contribution in [0.25, 0.3) is 0 Å². The summed E-state index contributed by atoms with van der Waals surface area (Å²) < 4.78 is 36.6. The topological polar surface area (TPSA) is 55.8 Å². The van der Waals surface area contributed by atoms with Crippen molar-refractivity contribution in [1.29, 1.82) is 0 Å². The molecule has 1 heterocycles. The lowest BCUT2D eigenvalue weighted by Crippen LogP contribution is -2.27. The van der Waals surface area contributed by atoms with Crippen LogP contribution in [0.3, 0.4) is 0 Å². The molecule has 132 valence electrons. The van der Waals surface area contributed by atoms with Crippen molar-refractivity contribution in [2.24, 2.45) is 0 Å². The van der Waals surface area contributed by atoms with E-state index < -0.39 is 23.6 Å². The average molecular weight is 435 g/mol. The first-order chi connectivity index (χ1) is 11.8. The van der Waals surface area contributed by atoms with Crippen LogP contribution in [-0.4, -0.2) is 26.2 Å². The summed E-state index contributed by atoms with van der Waals surface area (Å²) >= 11 is 8.97. The van der Waals surface area contributed by atoms with Crippen LogP contribution >= 0.6 is 27.5 Å². The predicted octanol–water partition coefficient (Wildman–Crippen LogP) is 3.87. The SMILES string of the molecule is COC(=O)C1=C(C(=O)OC)N(c2c(Cl)cc(F)c(F)c2Br)C=CC=C1. The molecule has 0 bridgehead atoms. The fraction of sp³-hybridized carbons (Fsp3) is 0.125. The minimum Gasteiger partial charge on any atom is -0.465 e. The third-order valence-corrected chi connectivity index (χ3v) is 4.23. The molecule has 1 aliphatic heterocycles. The van der Waals surface area contributed by atoms with Crippen LogP contribution in [0, 0.1) is 11.6 Å². The number of hydrogen-bond donors (Lipinski definition) is 0. The molecule has 1 aliphatic rings. The maximum Gasteiger partial charge on any atom is 0.355 e. The van der Waals surface area contributed by atoms with Crippen molar-refractivity contribution in [3.05, 3.63) is 62.9 Å². The van der Waals surface area contributed by atoms with E-state index in [1.807, 2.05) is 0 Å². The van der Waals surface area contributed by atoms with E-state index in [2.05, 4.69) is 20.7 Å². The van der Waals surface area contributed by atoms with E-state index in [1.54, 1.807) is 0 Å². The summed E-state index contributed by atoms with van der Waals surface area (Å²) in [4.78, 5) is 25.4. The van der Waals surface area contributed by atoms with Gasteiger partial charge in [0.05, 0.1) is 35.0 Å². The second-order valence-corrected chi connectivity index (χ2v) is 5.83. The Morgan fingerprint density at radius 1 is 1.16 bits per heavy atom. The smallest absolute Gasteiger partial charge is 0.355 e. The summed E-state index contributed by atoms with van der Waals surface area (Å²) in [6.45, 7) is 0. The number of rotatable bonds is 3. The monoisotopic (exact) mass is 433 g/mol. The molecule has 0 spiro atoms. The number of ether oxygens (including phenoxy) is 2. The van der Waals surface area contributed by atoms with E-state index in [-0.39, 0.29) is 26.5 Å². The molecule has 9 heteroatoms. The third-order valence-electron chi connectivity index (χ3n) is 3.22. The van der Waals surface area contributed by atoms with Crippen molar-refractivity contribution in [1.82, 2.24) is 0 Å². The van der Waals surface area contributed by atoms with E-state index in [0.29, 0.717) is 0 Å². The molecule has 0 saturated heterocycles. The Labute approximate surface area is 155 Å². The van der Waals surface area contributed by atoms with Crippen molar-refractivity contribution in [2.75, 3.05) is 19.1 Å². The summed E-state index contributed by atoms with van der Waals surface area (Å²) in [5, 5.41) is -0.192. The number of benzene rings is 1. The maximum absolute atomic E-state index is 14.0. The highest BCUT2D eigenvalue weighted by Gasteiger charge is 2.31. The molecular formula is C16H11BrClF2NO4. The zero-order valence-electron chi connectivity index (χ0n) is 13.0. The van der Waals surface area contributed by atoms with Crippen LogP contribution < -0.4 is 4.90 Å². The molecule has 0 fully saturated rings. The number of carbonyl (C=O) groups is 2. The summed E-state index contributed by atoms with van der Waals surface area (Å²) in [5.74, 6) is -4.09. The fourth-order valence-electron chi connectivity index (χ4n) is 2.11. The van der Waals surface area contributed by atoms with E-state index in [0.717, 1.165) is 25.2 Å². The van der Waals surface area contributed by atoms with Crippen LogP contribution in [0.4, 0.5) is 14.5 Å². The molecule has 25 heavy (non-hydrogen) atoms. The highest BCUT2D eigenvalue weighted by Crippen LogP contribution is 2.40. The van der Waals surface area contributed by atoms with Gasteiger partial charge in [-0.2, -0.15) is 0 Å². The molecule has 0 saturated carbocycles. The molecule has 1 aromatic rings. The van der Waals surface area contributed by atoms with Crippen molar-refractivity contribution >= 4 is 45.2 Å². The number of methoxy groups -OCH3 is 2. The van der Waals surface area contributed by atoms with Gasteiger partial charge in [0.2, 0.25) is 0 Å². The van der Waals surface area contributed by atoms with Gasteiger partial charge in [-0.3, -0.25) is 0 Å². The molecule has 0 atom stereocenters. The van der Waals surface area contributed by atoms with E-state index in [4.69, 9.17) is 16.3 Å². The number of hydrogen-bond acceptors (Lipinski definition) is 5. The lowest BCUT2D eigenvalue weighted by atomic mass is 10.1. The van der Waals surface area contributed by atoms with Crippen LogP contribution in [0.1, 0.15) is 0 Å². The van der Waals surface area contributed by atoms with Gasteiger partial charge in [-0.25, -0.2) is 18.4 Å². The largest absolute Gasteiger partial charge is 0.465 e. The molecule has 0 aromatic heterocycles. The first-order valence-corrected chi connectivity index (χ1v) is 7.88. The Kier molecular flexibility index (Phi) is 5.97. The van der Waals surface area contributed by atoms with Gasteiger partial charge in [-0.05, 0) is 34.1 Å². The van der Waals surface area contributed by atoms with Gasteiger partial charge < -0.3 is 14.4 Å². The van der Waals surface area contributed by atoms with Crippen LogP contribution in [0.15, 0.2) is 46.2 Å². The fourth-order valence-corrected chi connectivity index (χ4v) is 3.10. The minimum absolute atomic E-state index is 0.0812. The number of halogens is 4. The lowest BCUT2D eigenvalue weighted by Gasteiger charge is -2.25. The van der Waals surface area contributed by atoms with Crippen molar-refractivity contribution in [3.8, 4) is 0 Å². The van der Waals surface area contributed by atoms with Gasteiger partial charge >= 0.3 is 11.9 Å². The normalized spacial score (nSPS) is 13.8. The minimum atomic E-state index is -1.20. The van der Waals surface area contributed by atoms with Crippen molar-refractivity contribution in [3.63, 3.8) is 0 Å². The van der Waals surface area contributed by atoms with E-state index >= 15 is 0 Å². The average Bonchev–Trinajstić information content (AvgIpc) is 2.81. The molecule has 0 radical (unpaired) electrons. The Bertz CT molecular complexity index is 836. The number of allylic oxidation sites excluding steroid dienone is 2. The van der Waals surface area contributed by atoms with Crippen molar-refractivity contribution in [2.45, 2.75) is 0 Å². The zero-order valence-corrected chi connectivity index (χ0v) is 15.3. The number of nitrogens with zero attached hydrogens (tertiary/aromatic N) is 1. The molecule has 0 aliphatic carbocycles. The number of anilines is 1.